The molecular formula is C14H20N2O. The second kappa shape index (κ2) is 5.21. The standard InChI is InChI=1S/C14H20N2O/c1-10-8-12(15)6-7-13(10)16-14(17)9-11-4-2-3-5-11/h6-8,11H,2-5,9,15H2,1H3,(H,16,17). The highest BCUT2D eigenvalue weighted by molar-refractivity contribution is 5.91. The second-order valence-corrected chi connectivity index (χ2v) is 4.98. The molecule has 0 radical (unpaired) electrons. The van der Waals surface area contributed by atoms with Crippen molar-refractivity contribution in [1.82, 2.24) is 0 Å². The summed E-state index contributed by atoms with van der Waals surface area (Å²) in [4.78, 5) is 11.9. The highest BCUT2D eigenvalue weighted by Crippen LogP contribution is 2.28. The van der Waals surface area contributed by atoms with Gasteiger partial charge in [-0.3, -0.25) is 4.79 Å². The van der Waals surface area contributed by atoms with Crippen LogP contribution in [0.3, 0.4) is 0 Å². The normalized spacial score (nSPS) is 16.1. The van der Waals surface area contributed by atoms with Crippen LogP contribution >= 0.6 is 0 Å². The van der Waals surface area contributed by atoms with Crippen molar-refractivity contribution in [2.45, 2.75) is 39.0 Å². The quantitative estimate of drug-likeness (QED) is 0.787. The van der Waals surface area contributed by atoms with Crippen molar-refractivity contribution < 1.29 is 4.79 Å². The lowest BCUT2D eigenvalue weighted by molar-refractivity contribution is -0.117. The maximum absolute atomic E-state index is 11.9. The number of nitrogens with one attached hydrogen (secondary N) is 1. The summed E-state index contributed by atoms with van der Waals surface area (Å²) < 4.78 is 0. The molecule has 0 unspecified atom stereocenters. The van der Waals surface area contributed by atoms with Gasteiger partial charge in [-0.1, -0.05) is 12.8 Å². The number of rotatable bonds is 3. The summed E-state index contributed by atoms with van der Waals surface area (Å²) in [5.41, 5.74) is 8.31. The molecule has 2 rings (SSSR count). The molecule has 0 atom stereocenters. The van der Waals surface area contributed by atoms with Crippen molar-refractivity contribution in [3.8, 4) is 0 Å². The van der Waals surface area contributed by atoms with Gasteiger partial charge in [-0.15, -0.1) is 0 Å². The number of hydrogen-bond acceptors (Lipinski definition) is 2. The summed E-state index contributed by atoms with van der Waals surface area (Å²) in [6.07, 6.45) is 5.61. The van der Waals surface area contributed by atoms with Gasteiger partial charge in [0.1, 0.15) is 0 Å². The molecule has 0 aliphatic heterocycles. The van der Waals surface area contributed by atoms with E-state index in [-0.39, 0.29) is 5.91 Å². The zero-order chi connectivity index (χ0) is 12.3. The molecule has 1 amide bonds. The van der Waals surface area contributed by atoms with Gasteiger partial charge in [0, 0.05) is 17.8 Å². The fourth-order valence-electron chi connectivity index (χ4n) is 2.51. The van der Waals surface area contributed by atoms with E-state index in [2.05, 4.69) is 5.32 Å². The van der Waals surface area contributed by atoms with E-state index in [0.717, 1.165) is 16.9 Å². The van der Waals surface area contributed by atoms with E-state index < -0.39 is 0 Å². The van der Waals surface area contributed by atoms with Gasteiger partial charge in [0.25, 0.3) is 0 Å². The van der Waals surface area contributed by atoms with E-state index in [1.165, 1.54) is 25.7 Å². The molecule has 1 saturated carbocycles. The molecule has 1 aromatic rings. The van der Waals surface area contributed by atoms with Gasteiger partial charge in [-0.2, -0.15) is 0 Å². The Labute approximate surface area is 102 Å². The van der Waals surface area contributed by atoms with Gasteiger partial charge < -0.3 is 11.1 Å². The highest BCUT2D eigenvalue weighted by Gasteiger charge is 2.18. The molecular weight excluding hydrogens is 212 g/mol. The first-order valence-corrected chi connectivity index (χ1v) is 6.31. The minimum absolute atomic E-state index is 0.129. The molecule has 0 saturated heterocycles. The first kappa shape index (κ1) is 12.0. The highest BCUT2D eigenvalue weighted by atomic mass is 16.1. The number of aryl methyl sites for hydroxylation is 1. The van der Waals surface area contributed by atoms with Gasteiger partial charge in [0.2, 0.25) is 5.91 Å². The third kappa shape index (κ3) is 3.22. The molecule has 0 aromatic heterocycles. The van der Waals surface area contributed by atoms with Crippen molar-refractivity contribution in [2.24, 2.45) is 5.92 Å². The predicted molar refractivity (Wildman–Crippen MR) is 70.8 cm³/mol. The third-order valence-electron chi connectivity index (χ3n) is 3.47. The number of nitrogens with two attached hydrogens (primary N) is 1. The van der Waals surface area contributed by atoms with Crippen LogP contribution in [0.5, 0.6) is 0 Å². The fraction of sp³-hybridized carbons (Fsp3) is 0.500. The number of hydrogen-bond donors (Lipinski definition) is 2. The average molecular weight is 232 g/mol. The molecule has 1 aromatic carbocycles. The predicted octanol–water partition coefficient (Wildman–Crippen LogP) is 3.10. The molecule has 3 nitrogen and oxygen atoms in total. The maximum atomic E-state index is 11.9. The van der Waals surface area contributed by atoms with Crippen LogP contribution in [0.2, 0.25) is 0 Å². The molecule has 1 fully saturated rings. The van der Waals surface area contributed by atoms with E-state index in [1.807, 2.05) is 25.1 Å². The lowest BCUT2D eigenvalue weighted by atomic mass is 10.0. The second-order valence-electron chi connectivity index (χ2n) is 4.98. The zero-order valence-corrected chi connectivity index (χ0v) is 10.3. The molecule has 0 bridgehead atoms. The Morgan fingerprint density at radius 2 is 2.12 bits per heavy atom. The Morgan fingerprint density at radius 3 is 2.76 bits per heavy atom. The number of anilines is 2. The van der Waals surface area contributed by atoms with Crippen molar-refractivity contribution in [3.63, 3.8) is 0 Å². The number of amides is 1. The molecule has 17 heavy (non-hydrogen) atoms. The Hall–Kier alpha value is -1.51. The van der Waals surface area contributed by atoms with Crippen molar-refractivity contribution in [2.75, 3.05) is 11.1 Å². The van der Waals surface area contributed by atoms with Crippen LogP contribution in [-0.4, -0.2) is 5.91 Å². The summed E-state index contributed by atoms with van der Waals surface area (Å²) in [6.45, 7) is 1.96. The smallest absolute Gasteiger partial charge is 0.224 e. The van der Waals surface area contributed by atoms with Crippen LogP contribution in [0.25, 0.3) is 0 Å². The average Bonchev–Trinajstić information content (AvgIpc) is 2.75. The Kier molecular flexibility index (Phi) is 3.67. The first-order chi connectivity index (χ1) is 8.15. The Bertz CT molecular complexity index is 409. The van der Waals surface area contributed by atoms with E-state index in [9.17, 15) is 4.79 Å². The first-order valence-electron chi connectivity index (χ1n) is 6.31. The molecule has 92 valence electrons. The monoisotopic (exact) mass is 232 g/mol. The SMILES string of the molecule is Cc1cc(N)ccc1NC(=O)CC1CCCC1. The zero-order valence-electron chi connectivity index (χ0n) is 10.3. The number of nitrogen functional groups attached to an aromatic ring is 1. The number of carbonyl (C=O) groups is 1. The summed E-state index contributed by atoms with van der Waals surface area (Å²) in [6, 6.07) is 5.57. The van der Waals surface area contributed by atoms with Crippen LogP contribution < -0.4 is 11.1 Å². The van der Waals surface area contributed by atoms with E-state index in [0.29, 0.717) is 12.3 Å². The summed E-state index contributed by atoms with van der Waals surface area (Å²) in [5.74, 6) is 0.717. The van der Waals surface area contributed by atoms with Crippen molar-refractivity contribution in [3.05, 3.63) is 23.8 Å². The minimum atomic E-state index is 0.129. The number of carbonyl (C=O) groups excluding carboxylic acids is 1. The van der Waals surface area contributed by atoms with Crippen LogP contribution in [0.15, 0.2) is 18.2 Å². The van der Waals surface area contributed by atoms with Gasteiger partial charge >= 0.3 is 0 Å². The van der Waals surface area contributed by atoms with Crippen LogP contribution in [0.1, 0.15) is 37.7 Å². The van der Waals surface area contributed by atoms with E-state index in [4.69, 9.17) is 5.73 Å². The van der Waals surface area contributed by atoms with Crippen LogP contribution in [-0.2, 0) is 4.79 Å². The molecule has 0 spiro atoms. The lowest BCUT2D eigenvalue weighted by Gasteiger charge is -2.11. The van der Waals surface area contributed by atoms with Gasteiger partial charge in [0.15, 0.2) is 0 Å². The topological polar surface area (TPSA) is 55.1 Å². The Morgan fingerprint density at radius 1 is 1.41 bits per heavy atom. The molecule has 1 aliphatic carbocycles. The summed E-state index contributed by atoms with van der Waals surface area (Å²) in [7, 11) is 0. The molecule has 0 heterocycles. The molecule has 3 N–H and O–H groups in total. The van der Waals surface area contributed by atoms with E-state index >= 15 is 0 Å². The Balaban J connectivity index is 1.93. The largest absolute Gasteiger partial charge is 0.399 e. The molecule has 1 aliphatic rings. The molecule has 3 heteroatoms. The number of benzene rings is 1. The van der Waals surface area contributed by atoms with Crippen molar-refractivity contribution >= 4 is 17.3 Å². The van der Waals surface area contributed by atoms with Gasteiger partial charge in [-0.05, 0) is 49.4 Å². The van der Waals surface area contributed by atoms with Gasteiger partial charge in [-0.25, -0.2) is 0 Å². The summed E-state index contributed by atoms with van der Waals surface area (Å²) in [5, 5.41) is 2.97. The van der Waals surface area contributed by atoms with Gasteiger partial charge in [0.05, 0.1) is 0 Å². The van der Waals surface area contributed by atoms with Crippen LogP contribution in [0.4, 0.5) is 11.4 Å². The third-order valence-corrected chi connectivity index (χ3v) is 3.47. The summed E-state index contributed by atoms with van der Waals surface area (Å²) >= 11 is 0. The van der Waals surface area contributed by atoms with Crippen LogP contribution in [0, 0.1) is 12.8 Å². The minimum Gasteiger partial charge on any atom is -0.399 e. The lowest BCUT2D eigenvalue weighted by Crippen LogP contribution is -2.15. The van der Waals surface area contributed by atoms with Crippen molar-refractivity contribution in [1.29, 1.82) is 0 Å². The maximum Gasteiger partial charge on any atom is 0.224 e. The van der Waals surface area contributed by atoms with E-state index in [1.54, 1.807) is 0 Å². The fourth-order valence-corrected chi connectivity index (χ4v) is 2.51.